The van der Waals surface area contributed by atoms with Gasteiger partial charge in [0.15, 0.2) is 5.57 Å². The van der Waals surface area contributed by atoms with Crippen molar-refractivity contribution in [1.29, 1.82) is 5.26 Å². The van der Waals surface area contributed by atoms with E-state index in [1.807, 2.05) is 19.9 Å². The third kappa shape index (κ3) is 11.1. The van der Waals surface area contributed by atoms with E-state index in [0.29, 0.717) is 25.3 Å². The maximum atomic E-state index is 12.1. The average Bonchev–Trinajstić information content (AvgIpc) is 2.58. The van der Waals surface area contributed by atoms with E-state index in [2.05, 4.69) is 12.2 Å². The summed E-state index contributed by atoms with van der Waals surface area (Å²) in [4.78, 5) is 12.1. The summed E-state index contributed by atoms with van der Waals surface area (Å²) in [6.07, 6.45) is 8.84. The highest BCUT2D eigenvalue weighted by molar-refractivity contribution is 5.93. The van der Waals surface area contributed by atoms with Crippen LogP contribution in [-0.2, 0) is 14.3 Å². The van der Waals surface area contributed by atoms with Crippen LogP contribution < -0.4 is 5.32 Å². The van der Waals surface area contributed by atoms with Gasteiger partial charge in [-0.15, -0.1) is 0 Å². The quantitative estimate of drug-likeness (QED) is 0.211. The minimum atomic E-state index is -0.559. The minimum Gasteiger partial charge on any atom is -0.459 e. The SMILES string of the molecule is CCCCCCCCN/C(CCC)=C(/C#N)C(=O)OCCOCC. The molecule has 0 bridgehead atoms. The predicted octanol–water partition coefficient (Wildman–Crippen LogP) is 4.09. The summed E-state index contributed by atoms with van der Waals surface area (Å²) in [5.41, 5.74) is 0.800. The molecule has 0 aromatic rings. The molecule has 0 saturated carbocycles. The Bertz CT molecular complexity index is 400. The van der Waals surface area contributed by atoms with E-state index in [-0.39, 0.29) is 12.2 Å². The fourth-order valence-corrected chi connectivity index (χ4v) is 2.34. The molecule has 0 spiro atoms. The van der Waals surface area contributed by atoms with E-state index in [4.69, 9.17) is 9.47 Å². The average molecular weight is 338 g/mol. The first-order chi connectivity index (χ1) is 11.7. The first kappa shape index (κ1) is 22.5. The molecule has 1 N–H and O–H groups in total. The van der Waals surface area contributed by atoms with Gasteiger partial charge in [-0.2, -0.15) is 5.26 Å². The number of esters is 1. The molecule has 0 aromatic heterocycles. The largest absolute Gasteiger partial charge is 0.459 e. The topological polar surface area (TPSA) is 71.4 Å². The Hall–Kier alpha value is -1.54. The zero-order valence-electron chi connectivity index (χ0n) is 15.7. The molecule has 138 valence electrons. The molecule has 24 heavy (non-hydrogen) atoms. The molecule has 0 atom stereocenters. The second kappa shape index (κ2) is 16.3. The maximum Gasteiger partial charge on any atom is 0.350 e. The molecule has 0 aliphatic heterocycles. The summed E-state index contributed by atoms with van der Waals surface area (Å²) in [6.45, 7) is 8.03. The van der Waals surface area contributed by atoms with Crippen molar-refractivity contribution in [3.8, 4) is 6.07 Å². The van der Waals surface area contributed by atoms with E-state index in [1.165, 1.54) is 32.1 Å². The number of carbonyl (C=O) groups is 1. The number of unbranched alkanes of at least 4 members (excludes halogenated alkanes) is 5. The van der Waals surface area contributed by atoms with Gasteiger partial charge in [0.05, 0.1) is 6.61 Å². The van der Waals surface area contributed by atoms with E-state index < -0.39 is 5.97 Å². The summed E-state index contributed by atoms with van der Waals surface area (Å²) in [6, 6.07) is 2.00. The molecule has 0 heterocycles. The number of rotatable bonds is 15. The number of hydrogen-bond acceptors (Lipinski definition) is 5. The lowest BCUT2D eigenvalue weighted by molar-refractivity contribution is -0.140. The molecule has 5 heteroatoms. The van der Waals surface area contributed by atoms with Crippen molar-refractivity contribution in [3.05, 3.63) is 11.3 Å². The van der Waals surface area contributed by atoms with Gasteiger partial charge in [0.1, 0.15) is 12.7 Å². The highest BCUT2D eigenvalue weighted by Gasteiger charge is 2.16. The molecular formula is C19H34N2O3. The summed E-state index contributed by atoms with van der Waals surface area (Å²) in [7, 11) is 0. The van der Waals surface area contributed by atoms with Crippen LogP contribution in [0.2, 0.25) is 0 Å². The summed E-state index contributed by atoms with van der Waals surface area (Å²) in [5, 5.41) is 12.6. The normalized spacial score (nSPS) is 11.6. The Morgan fingerprint density at radius 3 is 2.33 bits per heavy atom. The minimum absolute atomic E-state index is 0.0966. The Labute approximate surface area is 147 Å². The molecule has 0 saturated heterocycles. The highest BCUT2D eigenvalue weighted by Crippen LogP contribution is 2.11. The number of nitrogens with one attached hydrogen (secondary N) is 1. The number of allylic oxidation sites excluding steroid dienone is 1. The second-order valence-electron chi connectivity index (χ2n) is 5.74. The molecule has 0 fully saturated rings. The van der Waals surface area contributed by atoms with E-state index in [0.717, 1.165) is 19.4 Å². The van der Waals surface area contributed by atoms with Crippen LogP contribution >= 0.6 is 0 Å². The molecule has 0 amide bonds. The fourth-order valence-electron chi connectivity index (χ4n) is 2.34. The molecule has 0 unspecified atom stereocenters. The molecule has 0 rings (SSSR count). The van der Waals surface area contributed by atoms with Crippen LogP contribution in [0.4, 0.5) is 0 Å². The number of nitriles is 1. The van der Waals surface area contributed by atoms with Gasteiger partial charge in [-0.1, -0.05) is 52.4 Å². The number of ether oxygens (including phenoxy) is 2. The smallest absolute Gasteiger partial charge is 0.350 e. The van der Waals surface area contributed by atoms with Crippen molar-refractivity contribution in [2.75, 3.05) is 26.4 Å². The lowest BCUT2D eigenvalue weighted by atomic mass is 10.1. The summed E-state index contributed by atoms with van der Waals surface area (Å²) in [5.74, 6) is -0.559. The lowest BCUT2D eigenvalue weighted by Gasteiger charge is -2.13. The van der Waals surface area contributed by atoms with Crippen LogP contribution in [0.5, 0.6) is 0 Å². The van der Waals surface area contributed by atoms with Gasteiger partial charge in [0.25, 0.3) is 0 Å². The van der Waals surface area contributed by atoms with E-state index >= 15 is 0 Å². The number of carbonyl (C=O) groups excluding carboxylic acids is 1. The first-order valence-corrected chi connectivity index (χ1v) is 9.33. The Morgan fingerprint density at radius 2 is 1.71 bits per heavy atom. The monoisotopic (exact) mass is 338 g/mol. The van der Waals surface area contributed by atoms with Crippen LogP contribution in [-0.4, -0.2) is 32.3 Å². The van der Waals surface area contributed by atoms with Crippen molar-refractivity contribution in [2.24, 2.45) is 0 Å². The molecular weight excluding hydrogens is 304 g/mol. The van der Waals surface area contributed by atoms with Gasteiger partial charge >= 0.3 is 5.97 Å². The van der Waals surface area contributed by atoms with Gasteiger partial charge in [-0.05, 0) is 19.8 Å². The van der Waals surface area contributed by atoms with Gasteiger partial charge in [-0.25, -0.2) is 4.79 Å². The molecule has 0 radical (unpaired) electrons. The Kier molecular flexibility index (Phi) is 15.3. The zero-order valence-corrected chi connectivity index (χ0v) is 15.7. The Morgan fingerprint density at radius 1 is 1.00 bits per heavy atom. The van der Waals surface area contributed by atoms with Crippen LogP contribution in [0.3, 0.4) is 0 Å². The third-order valence-corrected chi connectivity index (χ3v) is 3.65. The highest BCUT2D eigenvalue weighted by atomic mass is 16.6. The second-order valence-corrected chi connectivity index (χ2v) is 5.74. The standard InChI is InChI=1S/C19H34N2O3/c1-4-7-8-9-10-11-13-21-18(12-5-2)17(16-20)19(22)24-15-14-23-6-3/h21H,4-15H2,1-3H3/b18-17-. The zero-order chi connectivity index (χ0) is 18.0. The van der Waals surface area contributed by atoms with Crippen molar-refractivity contribution in [2.45, 2.75) is 72.1 Å². The van der Waals surface area contributed by atoms with Crippen LogP contribution in [0.25, 0.3) is 0 Å². The van der Waals surface area contributed by atoms with E-state index in [9.17, 15) is 10.1 Å². The predicted molar refractivity (Wildman–Crippen MR) is 96.4 cm³/mol. The van der Waals surface area contributed by atoms with Crippen LogP contribution in [0.1, 0.15) is 72.1 Å². The Balaban J connectivity index is 4.39. The number of nitrogens with zero attached hydrogens (tertiary/aromatic N) is 1. The third-order valence-electron chi connectivity index (χ3n) is 3.65. The van der Waals surface area contributed by atoms with Gasteiger partial charge in [0.2, 0.25) is 0 Å². The molecule has 0 aliphatic carbocycles. The van der Waals surface area contributed by atoms with Crippen molar-refractivity contribution in [3.63, 3.8) is 0 Å². The van der Waals surface area contributed by atoms with Gasteiger partial charge < -0.3 is 14.8 Å². The van der Waals surface area contributed by atoms with Gasteiger partial charge in [0, 0.05) is 18.8 Å². The molecule has 0 aromatic carbocycles. The van der Waals surface area contributed by atoms with Crippen molar-refractivity contribution in [1.82, 2.24) is 5.32 Å². The first-order valence-electron chi connectivity index (χ1n) is 9.33. The van der Waals surface area contributed by atoms with E-state index in [1.54, 1.807) is 0 Å². The summed E-state index contributed by atoms with van der Waals surface area (Å²) < 4.78 is 10.2. The lowest BCUT2D eigenvalue weighted by Crippen LogP contribution is -2.21. The molecule has 0 aliphatic rings. The summed E-state index contributed by atoms with van der Waals surface area (Å²) >= 11 is 0. The van der Waals surface area contributed by atoms with Gasteiger partial charge in [-0.3, -0.25) is 0 Å². The molecule has 5 nitrogen and oxygen atoms in total. The van der Waals surface area contributed by atoms with Crippen molar-refractivity contribution >= 4 is 5.97 Å². The number of hydrogen-bond donors (Lipinski definition) is 1. The fraction of sp³-hybridized carbons (Fsp3) is 0.789. The maximum absolute atomic E-state index is 12.1. The van der Waals surface area contributed by atoms with Crippen LogP contribution in [0, 0.1) is 11.3 Å². The van der Waals surface area contributed by atoms with Crippen LogP contribution in [0.15, 0.2) is 11.3 Å². The van der Waals surface area contributed by atoms with Crippen molar-refractivity contribution < 1.29 is 14.3 Å².